The number of aliphatic hydroxyl groups is 1. The Kier molecular flexibility index (Phi) is 7.90. The van der Waals surface area contributed by atoms with E-state index < -0.39 is 6.10 Å². The van der Waals surface area contributed by atoms with Gasteiger partial charge in [0.25, 0.3) is 0 Å². The molecule has 0 aromatic carbocycles. The van der Waals surface area contributed by atoms with Crippen LogP contribution in [-0.4, -0.2) is 36.8 Å². The molecule has 0 aromatic rings. The van der Waals surface area contributed by atoms with Gasteiger partial charge in [-0.05, 0) is 6.42 Å². The van der Waals surface area contributed by atoms with Gasteiger partial charge in [0.05, 0.1) is 19.2 Å². The van der Waals surface area contributed by atoms with E-state index in [0.717, 1.165) is 6.42 Å². The first-order valence-electron chi connectivity index (χ1n) is 4.79. The highest BCUT2D eigenvalue weighted by Gasteiger charge is 2.04. The zero-order valence-electron chi connectivity index (χ0n) is 8.55. The van der Waals surface area contributed by atoms with E-state index >= 15 is 0 Å². The average molecular weight is 198 g/mol. The van der Waals surface area contributed by atoms with Crippen LogP contribution in [0.2, 0.25) is 0 Å². The van der Waals surface area contributed by atoms with E-state index in [0.29, 0.717) is 19.5 Å². The first-order chi connectivity index (χ1) is 6.70. The molecule has 1 atom stereocenters. The molecule has 4 nitrogen and oxygen atoms in total. The van der Waals surface area contributed by atoms with Crippen molar-refractivity contribution >= 4 is 5.91 Å². The molecule has 0 aliphatic heterocycles. The second-order valence-electron chi connectivity index (χ2n) is 3.05. The summed E-state index contributed by atoms with van der Waals surface area (Å²) >= 11 is 0. The summed E-state index contributed by atoms with van der Waals surface area (Å²) in [5, 5.41) is 14.7. The van der Waals surface area contributed by atoms with Crippen molar-refractivity contribution in [1.29, 1.82) is 0 Å². The average Bonchev–Trinajstić information content (AvgIpc) is 2.16. The van der Waals surface area contributed by atoms with Gasteiger partial charge in [-0.25, -0.2) is 0 Å². The molecular weight excluding hydrogens is 180 g/mol. The first kappa shape index (κ1) is 12.9. The molecule has 0 spiro atoms. The quantitative estimate of drug-likeness (QED) is 0.381. The Hall–Kier alpha value is -1.05. The number of nitrogens with one attached hydrogen (secondary N) is 2. The summed E-state index contributed by atoms with van der Waals surface area (Å²) in [7, 11) is 0. The van der Waals surface area contributed by atoms with Gasteiger partial charge >= 0.3 is 0 Å². The molecule has 0 heterocycles. The molecule has 0 aliphatic rings. The molecule has 4 heteroatoms. The van der Waals surface area contributed by atoms with Crippen molar-refractivity contribution < 1.29 is 9.90 Å². The molecule has 1 unspecified atom stereocenters. The summed E-state index contributed by atoms with van der Waals surface area (Å²) in [6.45, 7) is 2.87. The van der Waals surface area contributed by atoms with Crippen LogP contribution in [0.15, 0.2) is 0 Å². The topological polar surface area (TPSA) is 61.4 Å². The minimum Gasteiger partial charge on any atom is -0.391 e. The molecule has 0 saturated carbocycles. The second kappa shape index (κ2) is 8.54. The monoisotopic (exact) mass is 198 g/mol. The maximum atomic E-state index is 11.1. The highest BCUT2D eigenvalue weighted by molar-refractivity contribution is 5.78. The van der Waals surface area contributed by atoms with Crippen molar-refractivity contribution in [2.45, 2.75) is 25.9 Å². The Morgan fingerprint density at radius 1 is 1.64 bits per heavy atom. The summed E-state index contributed by atoms with van der Waals surface area (Å²) in [5.74, 6) is 2.22. The van der Waals surface area contributed by atoms with Crippen molar-refractivity contribution in [3.8, 4) is 12.3 Å². The van der Waals surface area contributed by atoms with Crippen LogP contribution in [0.25, 0.3) is 0 Å². The van der Waals surface area contributed by atoms with Crippen molar-refractivity contribution in [2.75, 3.05) is 19.6 Å². The molecule has 14 heavy (non-hydrogen) atoms. The lowest BCUT2D eigenvalue weighted by molar-refractivity contribution is -0.120. The highest BCUT2D eigenvalue weighted by atomic mass is 16.3. The van der Waals surface area contributed by atoms with E-state index in [4.69, 9.17) is 6.42 Å². The van der Waals surface area contributed by atoms with Crippen LogP contribution in [-0.2, 0) is 4.79 Å². The fourth-order valence-electron chi connectivity index (χ4n) is 0.978. The molecule has 0 aliphatic carbocycles. The molecule has 0 fully saturated rings. The van der Waals surface area contributed by atoms with E-state index in [1.165, 1.54) is 0 Å². The van der Waals surface area contributed by atoms with E-state index in [1.54, 1.807) is 0 Å². The lowest BCUT2D eigenvalue weighted by Gasteiger charge is -2.10. The molecule has 1 amide bonds. The van der Waals surface area contributed by atoms with Gasteiger partial charge in [-0.3, -0.25) is 10.1 Å². The molecular formula is C10H18N2O2. The summed E-state index contributed by atoms with van der Waals surface area (Å²) in [5.41, 5.74) is 0. The van der Waals surface area contributed by atoms with Crippen molar-refractivity contribution in [1.82, 2.24) is 10.6 Å². The second-order valence-corrected chi connectivity index (χ2v) is 3.05. The zero-order chi connectivity index (χ0) is 10.8. The van der Waals surface area contributed by atoms with Gasteiger partial charge in [0, 0.05) is 6.54 Å². The van der Waals surface area contributed by atoms with Gasteiger partial charge in [0.2, 0.25) is 5.91 Å². The normalized spacial score (nSPS) is 11.8. The Bertz CT molecular complexity index is 199. The molecule has 3 N–H and O–H groups in total. The van der Waals surface area contributed by atoms with Crippen LogP contribution in [0.3, 0.4) is 0 Å². The number of rotatable bonds is 7. The molecule has 0 rings (SSSR count). The van der Waals surface area contributed by atoms with Crippen LogP contribution in [0.1, 0.15) is 19.8 Å². The summed E-state index contributed by atoms with van der Waals surface area (Å²) in [6.07, 6.45) is 6.16. The van der Waals surface area contributed by atoms with E-state index in [9.17, 15) is 9.90 Å². The molecule has 0 bridgehead atoms. The predicted octanol–water partition coefficient (Wildman–Crippen LogP) is -0.514. The van der Waals surface area contributed by atoms with Gasteiger partial charge in [-0.2, -0.15) is 0 Å². The Morgan fingerprint density at radius 3 is 2.93 bits per heavy atom. The SMILES string of the molecule is C#CCNCC(=O)NCC(O)CCC. The van der Waals surface area contributed by atoms with Crippen LogP contribution >= 0.6 is 0 Å². The Balaban J connectivity index is 3.39. The van der Waals surface area contributed by atoms with Crippen LogP contribution in [0.5, 0.6) is 0 Å². The minimum absolute atomic E-state index is 0.143. The van der Waals surface area contributed by atoms with Gasteiger partial charge in [-0.1, -0.05) is 19.3 Å². The van der Waals surface area contributed by atoms with Crippen LogP contribution in [0, 0.1) is 12.3 Å². The van der Waals surface area contributed by atoms with Gasteiger partial charge in [0.15, 0.2) is 0 Å². The van der Waals surface area contributed by atoms with E-state index in [-0.39, 0.29) is 12.5 Å². The number of carbonyl (C=O) groups is 1. The third kappa shape index (κ3) is 7.59. The predicted molar refractivity (Wildman–Crippen MR) is 55.6 cm³/mol. The number of hydrogen-bond donors (Lipinski definition) is 3. The lowest BCUT2D eigenvalue weighted by atomic mass is 10.2. The molecule has 80 valence electrons. The summed E-state index contributed by atoms with van der Waals surface area (Å²) in [4.78, 5) is 11.1. The van der Waals surface area contributed by atoms with Crippen molar-refractivity contribution in [2.24, 2.45) is 0 Å². The maximum absolute atomic E-state index is 11.1. The first-order valence-corrected chi connectivity index (χ1v) is 4.79. The van der Waals surface area contributed by atoms with E-state index in [1.807, 2.05) is 6.92 Å². The largest absolute Gasteiger partial charge is 0.391 e. The Labute approximate surface area is 85.1 Å². The fourth-order valence-corrected chi connectivity index (χ4v) is 0.978. The lowest BCUT2D eigenvalue weighted by Crippen LogP contribution is -2.38. The molecule has 0 radical (unpaired) electrons. The third-order valence-corrected chi connectivity index (χ3v) is 1.67. The number of terminal acetylenes is 1. The van der Waals surface area contributed by atoms with Crippen LogP contribution < -0.4 is 10.6 Å². The number of aliphatic hydroxyl groups excluding tert-OH is 1. The maximum Gasteiger partial charge on any atom is 0.234 e. The van der Waals surface area contributed by atoms with Gasteiger partial charge in [-0.15, -0.1) is 6.42 Å². The third-order valence-electron chi connectivity index (χ3n) is 1.67. The standard InChI is InChI=1S/C10H18N2O2/c1-3-5-9(13)7-12-10(14)8-11-6-4-2/h2,9,11,13H,3,5-8H2,1H3,(H,12,14). The number of hydrogen-bond acceptors (Lipinski definition) is 3. The molecule has 0 saturated heterocycles. The summed E-state index contributed by atoms with van der Waals surface area (Å²) in [6, 6.07) is 0. The fraction of sp³-hybridized carbons (Fsp3) is 0.700. The van der Waals surface area contributed by atoms with Crippen molar-refractivity contribution in [3.63, 3.8) is 0 Å². The molecule has 0 aromatic heterocycles. The van der Waals surface area contributed by atoms with Gasteiger partial charge < -0.3 is 10.4 Å². The van der Waals surface area contributed by atoms with Crippen LogP contribution in [0.4, 0.5) is 0 Å². The van der Waals surface area contributed by atoms with Gasteiger partial charge in [0.1, 0.15) is 0 Å². The number of amides is 1. The highest BCUT2D eigenvalue weighted by Crippen LogP contribution is 1.93. The van der Waals surface area contributed by atoms with E-state index in [2.05, 4.69) is 16.6 Å². The summed E-state index contributed by atoms with van der Waals surface area (Å²) < 4.78 is 0. The number of carbonyl (C=O) groups excluding carboxylic acids is 1. The smallest absolute Gasteiger partial charge is 0.234 e. The zero-order valence-corrected chi connectivity index (χ0v) is 8.55. The minimum atomic E-state index is -0.448. The van der Waals surface area contributed by atoms with Crippen molar-refractivity contribution in [3.05, 3.63) is 0 Å². The Morgan fingerprint density at radius 2 is 2.36 bits per heavy atom.